The van der Waals surface area contributed by atoms with E-state index in [-0.39, 0.29) is 0 Å². The summed E-state index contributed by atoms with van der Waals surface area (Å²) < 4.78 is 5.53. The van der Waals surface area contributed by atoms with E-state index in [9.17, 15) is 0 Å². The van der Waals surface area contributed by atoms with E-state index in [2.05, 4.69) is 32.9 Å². The lowest BCUT2D eigenvalue weighted by molar-refractivity contribution is 0.448. The lowest BCUT2D eigenvalue weighted by Crippen LogP contribution is -2.13. The predicted octanol–water partition coefficient (Wildman–Crippen LogP) is 0.645. The second kappa shape index (κ2) is 4.70. The van der Waals surface area contributed by atoms with Gasteiger partial charge < -0.3 is 9.73 Å². The summed E-state index contributed by atoms with van der Waals surface area (Å²) in [6, 6.07) is 3.97. The van der Waals surface area contributed by atoms with Gasteiger partial charge in [0.2, 0.25) is 0 Å². The number of aryl methyl sites for hydroxylation is 1. The van der Waals surface area contributed by atoms with E-state index in [0.29, 0.717) is 18.9 Å². The highest BCUT2D eigenvalue weighted by Gasteiger charge is 2.01. The molecule has 2 heterocycles. The van der Waals surface area contributed by atoms with Crippen LogP contribution in [0.5, 0.6) is 0 Å². The van der Waals surface area contributed by atoms with Gasteiger partial charge in [0.15, 0.2) is 5.82 Å². The minimum absolute atomic E-state index is 0.582. The summed E-state index contributed by atoms with van der Waals surface area (Å²) in [4.78, 5) is 0. The van der Waals surface area contributed by atoms with E-state index < -0.39 is 0 Å². The second-order valence-electron chi connectivity index (χ2n) is 3.15. The normalized spacial score (nSPS) is 10.7. The van der Waals surface area contributed by atoms with E-state index in [4.69, 9.17) is 4.42 Å². The van der Waals surface area contributed by atoms with E-state index in [0.717, 1.165) is 17.9 Å². The van der Waals surface area contributed by atoms with Crippen LogP contribution in [-0.2, 0) is 19.5 Å². The molecular formula is C9H13N5O. The van der Waals surface area contributed by atoms with Gasteiger partial charge in [-0.15, -0.1) is 10.2 Å². The summed E-state index contributed by atoms with van der Waals surface area (Å²) in [6.07, 6.45) is 0.921. The van der Waals surface area contributed by atoms with E-state index in [1.165, 1.54) is 0 Å². The number of nitrogens with zero attached hydrogens (tertiary/aromatic N) is 3. The van der Waals surface area contributed by atoms with Crippen LogP contribution in [0.25, 0.3) is 0 Å². The van der Waals surface area contributed by atoms with Crippen molar-refractivity contribution in [3.8, 4) is 0 Å². The summed E-state index contributed by atoms with van der Waals surface area (Å²) >= 11 is 0. The SMILES string of the molecule is CCc1ccc(CNCc2nn[nH]n2)o1. The maximum Gasteiger partial charge on any atom is 0.188 e. The first-order valence-electron chi connectivity index (χ1n) is 4.89. The molecule has 0 aromatic carbocycles. The molecule has 6 nitrogen and oxygen atoms in total. The highest BCUT2D eigenvalue weighted by molar-refractivity contribution is 5.06. The van der Waals surface area contributed by atoms with Gasteiger partial charge >= 0.3 is 0 Å². The standard InChI is InChI=1S/C9H13N5O/c1-2-7-3-4-8(15-7)5-10-6-9-11-13-14-12-9/h3-4,10H,2,5-6H2,1H3,(H,11,12,13,14). The zero-order valence-electron chi connectivity index (χ0n) is 8.53. The molecule has 2 aromatic heterocycles. The van der Waals surface area contributed by atoms with Crippen LogP contribution in [0.15, 0.2) is 16.5 Å². The average molecular weight is 207 g/mol. The van der Waals surface area contributed by atoms with Gasteiger partial charge in [-0.05, 0) is 12.1 Å². The van der Waals surface area contributed by atoms with Crippen LogP contribution >= 0.6 is 0 Å². The number of tetrazole rings is 1. The maximum absolute atomic E-state index is 5.53. The van der Waals surface area contributed by atoms with Gasteiger partial charge in [0.1, 0.15) is 11.5 Å². The van der Waals surface area contributed by atoms with E-state index >= 15 is 0 Å². The Balaban J connectivity index is 1.78. The first kappa shape index (κ1) is 9.85. The summed E-state index contributed by atoms with van der Waals surface area (Å²) in [6.45, 7) is 3.32. The summed E-state index contributed by atoms with van der Waals surface area (Å²) in [5.41, 5.74) is 0. The van der Waals surface area contributed by atoms with Crippen LogP contribution in [0.2, 0.25) is 0 Å². The number of furan rings is 1. The minimum Gasteiger partial charge on any atom is -0.465 e. The Morgan fingerprint density at radius 3 is 2.87 bits per heavy atom. The number of hydrogen-bond donors (Lipinski definition) is 2. The number of hydrogen-bond acceptors (Lipinski definition) is 5. The Morgan fingerprint density at radius 1 is 1.33 bits per heavy atom. The fraction of sp³-hybridized carbons (Fsp3) is 0.444. The molecule has 0 spiro atoms. The lowest BCUT2D eigenvalue weighted by atomic mass is 10.3. The molecule has 2 rings (SSSR count). The predicted molar refractivity (Wildman–Crippen MR) is 52.8 cm³/mol. The number of aromatic nitrogens is 4. The minimum atomic E-state index is 0.582. The third kappa shape index (κ3) is 2.63. The largest absolute Gasteiger partial charge is 0.465 e. The molecule has 0 atom stereocenters. The third-order valence-electron chi connectivity index (χ3n) is 2.04. The zero-order valence-corrected chi connectivity index (χ0v) is 8.53. The molecule has 2 N–H and O–H groups in total. The molecule has 0 aliphatic rings. The molecule has 0 aliphatic heterocycles. The first-order chi connectivity index (χ1) is 7.38. The number of H-pyrrole nitrogens is 1. The highest BCUT2D eigenvalue weighted by atomic mass is 16.3. The molecule has 0 saturated carbocycles. The molecule has 6 heteroatoms. The Kier molecular flexibility index (Phi) is 3.08. The molecule has 0 unspecified atom stereocenters. The summed E-state index contributed by atoms with van der Waals surface area (Å²) in [7, 11) is 0. The first-order valence-corrected chi connectivity index (χ1v) is 4.89. The fourth-order valence-corrected chi connectivity index (χ4v) is 1.26. The summed E-state index contributed by atoms with van der Waals surface area (Å²) in [5, 5.41) is 16.7. The van der Waals surface area contributed by atoms with Crippen molar-refractivity contribution >= 4 is 0 Å². The van der Waals surface area contributed by atoms with Crippen molar-refractivity contribution < 1.29 is 4.42 Å². The number of rotatable bonds is 5. The van der Waals surface area contributed by atoms with Crippen LogP contribution in [0.3, 0.4) is 0 Å². The van der Waals surface area contributed by atoms with Crippen molar-refractivity contribution in [2.75, 3.05) is 0 Å². The highest BCUT2D eigenvalue weighted by Crippen LogP contribution is 2.07. The van der Waals surface area contributed by atoms with Crippen LogP contribution in [0, 0.1) is 0 Å². The van der Waals surface area contributed by atoms with Gasteiger partial charge in [0.05, 0.1) is 13.1 Å². The lowest BCUT2D eigenvalue weighted by Gasteiger charge is -1.97. The van der Waals surface area contributed by atoms with Crippen LogP contribution in [0.1, 0.15) is 24.3 Å². The fourth-order valence-electron chi connectivity index (χ4n) is 1.26. The van der Waals surface area contributed by atoms with Crippen molar-refractivity contribution in [1.29, 1.82) is 0 Å². The van der Waals surface area contributed by atoms with Crippen molar-refractivity contribution in [1.82, 2.24) is 25.9 Å². The molecule has 0 fully saturated rings. The van der Waals surface area contributed by atoms with Crippen molar-refractivity contribution in [3.63, 3.8) is 0 Å². The number of aromatic amines is 1. The smallest absolute Gasteiger partial charge is 0.188 e. The molecule has 80 valence electrons. The van der Waals surface area contributed by atoms with Gasteiger partial charge in [-0.1, -0.05) is 12.1 Å². The second-order valence-corrected chi connectivity index (χ2v) is 3.15. The molecule has 0 bridgehead atoms. The van der Waals surface area contributed by atoms with E-state index in [1.807, 2.05) is 12.1 Å². The van der Waals surface area contributed by atoms with Gasteiger partial charge in [0.25, 0.3) is 0 Å². The van der Waals surface area contributed by atoms with Crippen LogP contribution in [-0.4, -0.2) is 20.6 Å². The van der Waals surface area contributed by atoms with Crippen molar-refractivity contribution in [3.05, 3.63) is 29.5 Å². The van der Waals surface area contributed by atoms with Crippen molar-refractivity contribution in [2.45, 2.75) is 26.4 Å². The zero-order chi connectivity index (χ0) is 10.5. The van der Waals surface area contributed by atoms with Crippen molar-refractivity contribution in [2.24, 2.45) is 0 Å². The van der Waals surface area contributed by atoms with Gasteiger partial charge in [-0.25, -0.2) is 0 Å². The Labute approximate surface area is 87.1 Å². The Hall–Kier alpha value is -1.69. The monoisotopic (exact) mass is 207 g/mol. The molecule has 2 aromatic rings. The Bertz CT molecular complexity index is 394. The topological polar surface area (TPSA) is 79.6 Å². The molecule has 15 heavy (non-hydrogen) atoms. The molecule has 0 radical (unpaired) electrons. The van der Waals surface area contributed by atoms with E-state index in [1.54, 1.807) is 0 Å². The summed E-state index contributed by atoms with van der Waals surface area (Å²) in [5.74, 6) is 2.58. The molecule has 0 amide bonds. The van der Waals surface area contributed by atoms with Gasteiger partial charge in [0, 0.05) is 6.42 Å². The Morgan fingerprint density at radius 2 is 2.20 bits per heavy atom. The van der Waals surface area contributed by atoms with Crippen LogP contribution < -0.4 is 5.32 Å². The average Bonchev–Trinajstić information content (AvgIpc) is 2.88. The quantitative estimate of drug-likeness (QED) is 0.752. The molecule has 0 saturated heterocycles. The van der Waals surface area contributed by atoms with Crippen LogP contribution in [0.4, 0.5) is 0 Å². The number of nitrogens with one attached hydrogen (secondary N) is 2. The van der Waals surface area contributed by atoms with Gasteiger partial charge in [-0.3, -0.25) is 0 Å². The molecule has 0 aliphatic carbocycles. The third-order valence-corrected chi connectivity index (χ3v) is 2.04. The van der Waals surface area contributed by atoms with Gasteiger partial charge in [-0.2, -0.15) is 5.21 Å². The molecular weight excluding hydrogens is 194 g/mol. The maximum atomic E-state index is 5.53.